The van der Waals surface area contributed by atoms with Gasteiger partial charge in [0.1, 0.15) is 17.4 Å². The molecule has 2 aromatic heterocycles. The highest BCUT2D eigenvalue weighted by Gasteiger charge is 2.35. The fraction of sp³-hybridized carbons (Fsp3) is 0.393. The average Bonchev–Trinajstić information content (AvgIpc) is 3.34. The van der Waals surface area contributed by atoms with E-state index in [9.17, 15) is 13.2 Å². The minimum Gasteiger partial charge on any atom is -0.459 e. The first-order valence-corrected chi connectivity index (χ1v) is 15.4. The molecular weight excluding hydrogens is 589 g/mol. The van der Waals surface area contributed by atoms with Crippen LogP contribution in [0.3, 0.4) is 0 Å². The standard InChI is InChI=1S/C28H31Cl2N5O5S/c1-28(2,3)40-27(36)18-35(41(37,38)23-16-20(29)15-21(30)17-23)22-4-5-24-19(14-22)8-9-34(24)26-7-6-25(31-32-26)33-10-12-39-13-11-33/h4-9,14-16,23H,10-13,17-18H2,1-3H3. The van der Waals surface area contributed by atoms with E-state index in [0.717, 1.165) is 34.1 Å². The van der Waals surface area contributed by atoms with E-state index >= 15 is 0 Å². The molecule has 13 heteroatoms. The molecule has 1 unspecified atom stereocenters. The zero-order chi connectivity index (χ0) is 29.4. The van der Waals surface area contributed by atoms with Crippen LogP contribution in [0.15, 0.2) is 64.8 Å². The Kier molecular flexibility index (Phi) is 8.34. The van der Waals surface area contributed by atoms with Gasteiger partial charge in [0.2, 0.25) is 10.0 Å². The van der Waals surface area contributed by atoms with Gasteiger partial charge in [0.25, 0.3) is 0 Å². The number of esters is 1. The molecule has 1 saturated heterocycles. The van der Waals surface area contributed by atoms with E-state index in [4.69, 9.17) is 32.7 Å². The molecule has 218 valence electrons. The van der Waals surface area contributed by atoms with Gasteiger partial charge >= 0.3 is 5.97 Å². The molecule has 0 amide bonds. The zero-order valence-electron chi connectivity index (χ0n) is 23.0. The van der Waals surface area contributed by atoms with Gasteiger partial charge < -0.3 is 14.4 Å². The van der Waals surface area contributed by atoms with Gasteiger partial charge in [-0.3, -0.25) is 13.7 Å². The smallest absolute Gasteiger partial charge is 0.327 e. The van der Waals surface area contributed by atoms with Crippen LogP contribution in [0.25, 0.3) is 16.7 Å². The Balaban J connectivity index is 1.47. The van der Waals surface area contributed by atoms with Crippen LogP contribution in [0, 0.1) is 0 Å². The quantitative estimate of drug-likeness (QED) is 0.349. The van der Waals surface area contributed by atoms with Gasteiger partial charge in [-0.2, -0.15) is 0 Å². The van der Waals surface area contributed by atoms with Crippen LogP contribution in [0.1, 0.15) is 27.2 Å². The van der Waals surface area contributed by atoms with Crippen molar-refractivity contribution in [2.45, 2.75) is 38.0 Å². The fourth-order valence-corrected chi connectivity index (χ4v) is 7.27. The number of aromatic nitrogens is 3. The molecule has 2 aliphatic rings. The third kappa shape index (κ3) is 6.69. The maximum absolute atomic E-state index is 13.9. The third-order valence-corrected chi connectivity index (χ3v) is 9.12. The first-order valence-electron chi connectivity index (χ1n) is 13.2. The molecule has 1 aliphatic heterocycles. The van der Waals surface area contributed by atoms with E-state index in [1.54, 1.807) is 39.0 Å². The Bertz CT molecular complexity index is 1610. The minimum absolute atomic E-state index is 0.0443. The highest BCUT2D eigenvalue weighted by atomic mass is 35.5. The Hall–Kier alpha value is -3.12. The monoisotopic (exact) mass is 619 g/mol. The number of benzene rings is 1. The maximum atomic E-state index is 13.9. The molecule has 0 N–H and O–H groups in total. The van der Waals surface area contributed by atoms with Gasteiger partial charge in [-0.1, -0.05) is 23.2 Å². The van der Waals surface area contributed by atoms with Crippen LogP contribution in [0.5, 0.6) is 0 Å². The molecule has 1 fully saturated rings. The molecule has 10 nitrogen and oxygen atoms in total. The van der Waals surface area contributed by atoms with E-state index in [1.165, 1.54) is 12.2 Å². The Morgan fingerprint density at radius 3 is 2.46 bits per heavy atom. The summed E-state index contributed by atoms with van der Waals surface area (Å²) in [7, 11) is -4.12. The molecule has 3 aromatic rings. The van der Waals surface area contributed by atoms with Crippen molar-refractivity contribution in [1.82, 2.24) is 14.8 Å². The van der Waals surface area contributed by atoms with Gasteiger partial charge in [-0.25, -0.2) is 8.42 Å². The highest BCUT2D eigenvalue weighted by Crippen LogP contribution is 2.33. The Morgan fingerprint density at radius 2 is 1.80 bits per heavy atom. The summed E-state index contributed by atoms with van der Waals surface area (Å²) in [4.78, 5) is 15.0. The van der Waals surface area contributed by atoms with Crippen LogP contribution in [0.2, 0.25) is 0 Å². The summed E-state index contributed by atoms with van der Waals surface area (Å²) in [6.45, 7) is 7.50. The first kappa shape index (κ1) is 29.4. The number of morpholine rings is 1. The average molecular weight is 621 g/mol. The molecule has 0 saturated carbocycles. The van der Waals surface area contributed by atoms with Gasteiger partial charge in [-0.05, 0) is 69.3 Å². The van der Waals surface area contributed by atoms with E-state index < -0.39 is 33.4 Å². The van der Waals surface area contributed by atoms with Crippen molar-refractivity contribution in [1.29, 1.82) is 0 Å². The molecule has 3 heterocycles. The largest absolute Gasteiger partial charge is 0.459 e. The van der Waals surface area contributed by atoms with Crippen molar-refractivity contribution in [3.8, 4) is 5.82 Å². The SMILES string of the molecule is CC(C)(C)OC(=O)CN(c1ccc2c(ccn2-c2ccc(N3CCOCC3)nn2)c1)S(=O)(=O)C1C=C(Cl)C=C(Cl)C1. The Labute approximate surface area is 249 Å². The van der Waals surface area contributed by atoms with Gasteiger partial charge in [0.05, 0.1) is 24.4 Å². The first-order chi connectivity index (χ1) is 19.4. The predicted molar refractivity (Wildman–Crippen MR) is 160 cm³/mol. The normalized spacial score (nSPS) is 18.2. The molecule has 41 heavy (non-hydrogen) atoms. The van der Waals surface area contributed by atoms with E-state index in [2.05, 4.69) is 15.1 Å². The minimum atomic E-state index is -4.12. The maximum Gasteiger partial charge on any atom is 0.327 e. The van der Waals surface area contributed by atoms with Crippen molar-refractivity contribution in [2.24, 2.45) is 0 Å². The van der Waals surface area contributed by atoms with Crippen LogP contribution in [-0.4, -0.2) is 72.9 Å². The van der Waals surface area contributed by atoms with Crippen LogP contribution >= 0.6 is 23.2 Å². The van der Waals surface area contributed by atoms with E-state index in [0.29, 0.717) is 29.8 Å². The van der Waals surface area contributed by atoms with Crippen molar-refractivity contribution < 1.29 is 22.7 Å². The number of anilines is 2. The number of halogens is 2. The number of fused-ring (bicyclic) bond motifs is 1. The lowest BCUT2D eigenvalue weighted by atomic mass is 10.2. The topological polar surface area (TPSA) is 107 Å². The van der Waals surface area contributed by atoms with Crippen LogP contribution in [0.4, 0.5) is 11.5 Å². The highest BCUT2D eigenvalue weighted by molar-refractivity contribution is 7.93. The number of carbonyl (C=O) groups excluding carboxylic acids is 1. The summed E-state index contributed by atoms with van der Waals surface area (Å²) in [5, 5.41) is 9.06. The predicted octanol–water partition coefficient (Wildman–Crippen LogP) is 4.75. The molecule has 5 rings (SSSR count). The van der Waals surface area contributed by atoms with Gasteiger partial charge in [0.15, 0.2) is 11.6 Å². The summed E-state index contributed by atoms with van der Waals surface area (Å²) in [5.74, 6) is 0.721. The van der Waals surface area contributed by atoms with Crippen molar-refractivity contribution in [3.05, 3.63) is 64.8 Å². The molecule has 1 atom stereocenters. The van der Waals surface area contributed by atoms with Crippen molar-refractivity contribution in [3.63, 3.8) is 0 Å². The Morgan fingerprint density at radius 1 is 1.10 bits per heavy atom. The van der Waals surface area contributed by atoms with E-state index in [1.807, 2.05) is 29.0 Å². The number of allylic oxidation sites excluding steroid dienone is 3. The van der Waals surface area contributed by atoms with Crippen LogP contribution < -0.4 is 9.21 Å². The van der Waals surface area contributed by atoms with E-state index in [-0.39, 0.29) is 11.5 Å². The second kappa shape index (κ2) is 11.6. The lowest BCUT2D eigenvalue weighted by molar-refractivity contribution is -0.152. The number of hydrogen-bond donors (Lipinski definition) is 0. The molecule has 1 aliphatic carbocycles. The summed E-state index contributed by atoms with van der Waals surface area (Å²) in [6, 6.07) is 10.8. The van der Waals surface area contributed by atoms with Crippen LogP contribution in [-0.2, 0) is 24.3 Å². The van der Waals surface area contributed by atoms with Crippen molar-refractivity contribution in [2.75, 3.05) is 42.1 Å². The van der Waals surface area contributed by atoms with Crippen molar-refractivity contribution >= 4 is 61.6 Å². The molecule has 0 bridgehead atoms. The third-order valence-electron chi connectivity index (χ3n) is 6.60. The number of carbonyl (C=O) groups is 1. The van der Waals surface area contributed by atoms with Gasteiger partial charge in [-0.15, -0.1) is 10.2 Å². The summed E-state index contributed by atoms with van der Waals surface area (Å²) >= 11 is 12.3. The number of hydrogen-bond acceptors (Lipinski definition) is 8. The number of sulfonamides is 1. The summed E-state index contributed by atoms with van der Waals surface area (Å²) < 4.78 is 41.6. The molecule has 0 spiro atoms. The summed E-state index contributed by atoms with van der Waals surface area (Å²) in [6.07, 6.45) is 4.83. The second-order valence-corrected chi connectivity index (χ2v) is 13.8. The number of nitrogens with zero attached hydrogens (tertiary/aromatic N) is 5. The second-order valence-electron chi connectivity index (χ2n) is 10.8. The molecular formula is C28H31Cl2N5O5S. The lowest BCUT2D eigenvalue weighted by Crippen LogP contribution is -2.43. The lowest BCUT2D eigenvalue weighted by Gasteiger charge is -2.30. The number of ether oxygens (including phenoxy) is 2. The fourth-order valence-electron chi connectivity index (χ4n) is 4.75. The number of rotatable bonds is 7. The van der Waals surface area contributed by atoms with Gasteiger partial charge in [0, 0.05) is 41.2 Å². The molecule has 0 radical (unpaired) electrons. The zero-order valence-corrected chi connectivity index (χ0v) is 25.3. The summed E-state index contributed by atoms with van der Waals surface area (Å²) in [5.41, 5.74) is 0.319. The molecule has 1 aromatic carbocycles.